The number of aryl methyl sites for hydroxylation is 1. The number of amides is 1. The van der Waals surface area contributed by atoms with Gasteiger partial charge in [-0.15, -0.1) is 11.3 Å². The molecule has 142 valence electrons. The fraction of sp³-hybridized carbons (Fsp3) is 0.174. The summed E-state index contributed by atoms with van der Waals surface area (Å²) in [6, 6.07) is 19.7. The average molecular weight is 391 g/mol. The molecule has 4 nitrogen and oxygen atoms in total. The quantitative estimate of drug-likeness (QED) is 0.452. The number of carbonyl (C=O) groups excluding carboxylic acids is 1. The molecule has 0 bridgehead atoms. The Morgan fingerprint density at radius 3 is 2.64 bits per heavy atom. The van der Waals surface area contributed by atoms with E-state index >= 15 is 0 Å². The highest BCUT2D eigenvalue weighted by atomic mass is 32.1. The van der Waals surface area contributed by atoms with Crippen molar-refractivity contribution in [2.24, 2.45) is 0 Å². The van der Waals surface area contributed by atoms with Crippen molar-refractivity contribution in [1.29, 1.82) is 0 Å². The zero-order chi connectivity index (χ0) is 19.5. The van der Waals surface area contributed by atoms with E-state index in [4.69, 9.17) is 9.15 Å². The predicted octanol–water partition coefficient (Wildman–Crippen LogP) is 5.80. The third-order valence-electron chi connectivity index (χ3n) is 4.54. The Kier molecular flexibility index (Phi) is 5.17. The van der Waals surface area contributed by atoms with Crippen LogP contribution in [-0.2, 0) is 6.54 Å². The second-order valence-electron chi connectivity index (χ2n) is 6.43. The number of furan rings is 1. The van der Waals surface area contributed by atoms with E-state index < -0.39 is 0 Å². The van der Waals surface area contributed by atoms with E-state index in [-0.39, 0.29) is 5.91 Å². The number of rotatable bonds is 6. The minimum Gasteiger partial charge on any atom is -0.494 e. The molecule has 28 heavy (non-hydrogen) atoms. The zero-order valence-electron chi connectivity index (χ0n) is 15.8. The summed E-state index contributed by atoms with van der Waals surface area (Å²) in [7, 11) is 0. The Morgan fingerprint density at radius 2 is 1.86 bits per heavy atom. The maximum absolute atomic E-state index is 12.9. The molecule has 2 aromatic heterocycles. The molecular weight excluding hydrogens is 370 g/mol. The molecule has 0 saturated carbocycles. The van der Waals surface area contributed by atoms with Gasteiger partial charge in [-0.3, -0.25) is 4.79 Å². The smallest absolute Gasteiger partial charge is 0.256 e. The van der Waals surface area contributed by atoms with Crippen molar-refractivity contribution >= 4 is 27.5 Å². The Balaban J connectivity index is 1.59. The Hall–Kier alpha value is -3.05. The van der Waals surface area contributed by atoms with Gasteiger partial charge < -0.3 is 14.5 Å². The number of nitrogens with one attached hydrogen (secondary N) is 1. The molecule has 0 unspecified atom stereocenters. The molecule has 0 spiro atoms. The number of hydrogen-bond acceptors (Lipinski definition) is 4. The predicted molar refractivity (Wildman–Crippen MR) is 113 cm³/mol. The summed E-state index contributed by atoms with van der Waals surface area (Å²) in [5.41, 5.74) is 3.21. The van der Waals surface area contributed by atoms with E-state index in [0.717, 1.165) is 32.2 Å². The number of thiophene rings is 1. The van der Waals surface area contributed by atoms with Gasteiger partial charge in [0.25, 0.3) is 5.91 Å². The summed E-state index contributed by atoms with van der Waals surface area (Å²) in [5.74, 6) is 1.43. The lowest BCUT2D eigenvalue weighted by atomic mass is 10.2. The van der Waals surface area contributed by atoms with Crippen LogP contribution in [0, 0.1) is 6.92 Å². The number of benzene rings is 2. The Bertz CT molecular complexity index is 1110. The molecule has 4 rings (SSSR count). The second-order valence-corrected chi connectivity index (χ2v) is 7.68. The highest BCUT2D eigenvalue weighted by Gasteiger charge is 2.21. The van der Waals surface area contributed by atoms with Crippen molar-refractivity contribution < 1.29 is 13.9 Å². The topological polar surface area (TPSA) is 51.5 Å². The van der Waals surface area contributed by atoms with E-state index in [1.807, 2.05) is 74.5 Å². The van der Waals surface area contributed by atoms with Crippen molar-refractivity contribution in [3.63, 3.8) is 0 Å². The normalized spacial score (nSPS) is 10.9. The highest BCUT2D eigenvalue weighted by Crippen LogP contribution is 2.37. The molecule has 0 fully saturated rings. The van der Waals surface area contributed by atoms with Crippen molar-refractivity contribution in [2.45, 2.75) is 20.4 Å². The first-order valence-electron chi connectivity index (χ1n) is 9.24. The van der Waals surface area contributed by atoms with Gasteiger partial charge in [-0.1, -0.05) is 48.5 Å². The Morgan fingerprint density at radius 1 is 1.11 bits per heavy atom. The lowest BCUT2D eigenvalue weighted by Crippen LogP contribution is -2.23. The molecule has 5 heteroatoms. The number of carbonyl (C=O) groups is 1. The molecular formula is C23H21NO3S. The standard InChI is InChI=1S/C23H21NO3S/c1-3-26-18-12-8-7-11-17(18)14-24-23(25)21-15(2)28-20-13-19(27-22(20)21)16-9-5-4-6-10-16/h4-13H,3,14H2,1-2H3,(H,24,25). The molecule has 0 atom stereocenters. The molecule has 0 radical (unpaired) electrons. The fourth-order valence-corrected chi connectivity index (χ4v) is 4.24. The largest absolute Gasteiger partial charge is 0.494 e. The zero-order valence-corrected chi connectivity index (χ0v) is 16.6. The van der Waals surface area contributed by atoms with E-state index in [0.29, 0.717) is 24.3 Å². The third-order valence-corrected chi connectivity index (χ3v) is 5.57. The first kappa shape index (κ1) is 18.3. The molecule has 0 aliphatic rings. The van der Waals surface area contributed by atoms with E-state index in [2.05, 4.69) is 5.32 Å². The van der Waals surface area contributed by atoms with Crippen LogP contribution in [0.3, 0.4) is 0 Å². The van der Waals surface area contributed by atoms with Crippen LogP contribution in [0.25, 0.3) is 21.6 Å². The molecule has 0 aliphatic heterocycles. The van der Waals surface area contributed by atoms with Crippen LogP contribution < -0.4 is 10.1 Å². The minimum atomic E-state index is -0.135. The minimum absolute atomic E-state index is 0.135. The summed E-state index contributed by atoms with van der Waals surface area (Å²) in [4.78, 5) is 13.9. The van der Waals surface area contributed by atoms with Gasteiger partial charge in [-0.2, -0.15) is 0 Å². The van der Waals surface area contributed by atoms with Gasteiger partial charge in [0.05, 0.1) is 16.9 Å². The van der Waals surface area contributed by atoms with Gasteiger partial charge in [0.2, 0.25) is 0 Å². The average Bonchev–Trinajstić information content (AvgIpc) is 3.24. The monoisotopic (exact) mass is 391 g/mol. The Labute approximate surface area is 167 Å². The van der Waals surface area contributed by atoms with Gasteiger partial charge in [0, 0.05) is 28.6 Å². The molecule has 1 amide bonds. The van der Waals surface area contributed by atoms with Crippen LogP contribution in [0.5, 0.6) is 5.75 Å². The third kappa shape index (κ3) is 3.53. The maximum atomic E-state index is 12.9. The fourth-order valence-electron chi connectivity index (χ4n) is 3.22. The first-order chi connectivity index (χ1) is 13.7. The summed E-state index contributed by atoms with van der Waals surface area (Å²) < 4.78 is 12.7. The van der Waals surface area contributed by atoms with Crippen molar-refractivity contribution in [3.05, 3.63) is 76.7 Å². The van der Waals surface area contributed by atoms with E-state index in [1.54, 1.807) is 11.3 Å². The molecule has 4 aromatic rings. The van der Waals surface area contributed by atoms with Crippen molar-refractivity contribution in [2.75, 3.05) is 6.61 Å². The molecule has 2 aromatic carbocycles. The molecule has 0 saturated heterocycles. The number of para-hydroxylation sites is 1. The van der Waals surface area contributed by atoms with Crippen LogP contribution in [0.15, 0.2) is 65.1 Å². The second kappa shape index (κ2) is 7.90. The SMILES string of the molecule is CCOc1ccccc1CNC(=O)c1c(C)sc2cc(-c3ccccc3)oc12. The highest BCUT2D eigenvalue weighted by molar-refractivity contribution is 7.19. The van der Waals surface area contributed by atoms with Crippen molar-refractivity contribution in [3.8, 4) is 17.1 Å². The van der Waals surface area contributed by atoms with Gasteiger partial charge in [0.15, 0.2) is 5.58 Å². The summed E-state index contributed by atoms with van der Waals surface area (Å²) in [6.07, 6.45) is 0. The maximum Gasteiger partial charge on any atom is 0.256 e. The molecule has 1 N–H and O–H groups in total. The van der Waals surface area contributed by atoms with Crippen LogP contribution in [-0.4, -0.2) is 12.5 Å². The van der Waals surface area contributed by atoms with Gasteiger partial charge in [-0.05, 0) is 19.9 Å². The van der Waals surface area contributed by atoms with Crippen LogP contribution in [0.4, 0.5) is 0 Å². The van der Waals surface area contributed by atoms with Gasteiger partial charge >= 0.3 is 0 Å². The van der Waals surface area contributed by atoms with E-state index in [9.17, 15) is 4.79 Å². The number of hydrogen-bond donors (Lipinski definition) is 1. The molecule has 2 heterocycles. The van der Waals surface area contributed by atoms with Crippen molar-refractivity contribution in [1.82, 2.24) is 5.32 Å². The van der Waals surface area contributed by atoms with E-state index in [1.165, 1.54) is 0 Å². The summed E-state index contributed by atoms with van der Waals surface area (Å²) >= 11 is 1.58. The lowest BCUT2D eigenvalue weighted by Gasteiger charge is -2.11. The summed E-state index contributed by atoms with van der Waals surface area (Å²) in [6.45, 7) is 4.88. The lowest BCUT2D eigenvalue weighted by molar-refractivity contribution is 0.0951. The van der Waals surface area contributed by atoms with Gasteiger partial charge in [0.1, 0.15) is 11.5 Å². The number of ether oxygens (including phenoxy) is 1. The van der Waals surface area contributed by atoms with Crippen LogP contribution in [0.1, 0.15) is 27.7 Å². The van der Waals surface area contributed by atoms with Crippen LogP contribution in [0.2, 0.25) is 0 Å². The van der Waals surface area contributed by atoms with Crippen LogP contribution >= 0.6 is 11.3 Å². The molecule has 0 aliphatic carbocycles. The summed E-state index contributed by atoms with van der Waals surface area (Å²) in [5, 5.41) is 3.01. The van der Waals surface area contributed by atoms with Gasteiger partial charge in [-0.25, -0.2) is 0 Å². The number of fused-ring (bicyclic) bond motifs is 1. The first-order valence-corrected chi connectivity index (χ1v) is 10.1.